The van der Waals surface area contributed by atoms with Crippen LogP contribution < -0.4 is 4.90 Å². The molecule has 4 nitrogen and oxygen atoms in total. The molecule has 21 heavy (non-hydrogen) atoms. The van der Waals surface area contributed by atoms with Crippen LogP contribution in [0.5, 0.6) is 0 Å². The average Bonchev–Trinajstić information content (AvgIpc) is 2.71. The van der Waals surface area contributed by atoms with Crippen LogP contribution in [0.25, 0.3) is 0 Å². The minimum Gasteiger partial charge on any atom is -0.298 e. The van der Waals surface area contributed by atoms with E-state index in [9.17, 15) is 14.4 Å². The van der Waals surface area contributed by atoms with E-state index < -0.39 is 0 Å². The highest BCUT2D eigenvalue weighted by molar-refractivity contribution is 6.35. The summed E-state index contributed by atoms with van der Waals surface area (Å²) in [6.45, 7) is 2.08. The molecule has 3 rings (SSSR count). The van der Waals surface area contributed by atoms with Gasteiger partial charge in [-0.1, -0.05) is 18.5 Å². The summed E-state index contributed by atoms with van der Waals surface area (Å²) in [7, 11) is 0. The van der Waals surface area contributed by atoms with E-state index in [2.05, 4.69) is 6.92 Å². The van der Waals surface area contributed by atoms with Crippen molar-refractivity contribution in [2.24, 2.45) is 5.92 Å². The van der Waals surface area contributed by atoms with Crippen LogP contribution in [0.1, 0.15) is 36.5 Å². The van der Waals surface area contributed by atoms with Gasteiger partial charge >= 0.3 is 0 Å². The van der Waals surface area contributed by atoms with Gasteiger partial charge in [0.2, 0.25) is 0 Å². The normalized spacial score (nSPS) is 21.8. The third-order valence-corrected chi connectivity index (χ3v) is 4.44. The molecule has 1 aliphatic heterocycles. The average molecular weight is 304 g/mol. The first-order chi connectivity index (χ1) is 10.0. The number of halogens is 1. The number of anilines is 1. The number of imide groups is 1. The number of amides is 2. The van der Waals surface area contributed by atoms with Crippen LogP contribution >= 0.6 is 11.6 Å². The van der Waals surface area contributed by atoms with E-state index in [0.717, 1.165) is 11.3 Å². The van der Waals surface area contributed by atoms with Gasteiger partial charge in [0, 0.05) is 16.7 Å². The molecule has 0 saturated heterocycles. The van der Waals surface area contributed by atoms with Crippen molar-refractivity contribution < 1.29 is 14.4 Å². The highest BCUT2D eigenvalue weighted by atomic mass is 35.5. The largest absolute Gasteiger partial charge is 0.298 e. The lowest BCUT2D eigenvalue weighted by Crippen LogP contribution is -2.31. The predicted molar refractivity (Wildman–Crippen MR) is 79.4 cm³/mol. The standard InChI is InChI=1S/C16H14ClNO3/c1-9-2-4-12-13(6-9)16(21)18(15(12)20)11-3-5-14(17)10(7-11)8-19/h3,5,7-9H,2,4,6H2,1H3/t9-/m1/s1. The van der Waals surface area contributed by atoms with Crippen molar-refractivity contribution in [3.63, 3.8) is 0 Å². The Morgan fingerprint density at radius 3 is 2.67 bits per heavy atom. The monoisotopic (exact) mass is 303 g/mol. The molecule has 1 heterocycles. The first-order valence-corrected chi connectivity index (χ1v) is 7.26. The Hall–Kier alpha value is -1.94. The molecule has 0 bridgehead atoms. The number of benzene rings is 1. The number of carbonyl (C=O) groups excluding carboxylic acids is 3. The Morgan fingerprint density at radius 2 is 1.95 bits per heavy atom. The SMILES string of the molecule is C[C@@H]1CCC2=C(C1)C(=O)N(c1ccc(Cl)c(C=O)c1)C2=O. The number of hydrogen-bond acceptors (Lipinski definition) is 3. The van der Waals surface area contributed by atoms with Gasteiger partial charge in [-0.3, -0.25) is 14.4 Å². The molecular formula is C16H14ClNO3. The van der Waals surface area contributed by atoms with E-state index in [-0.39, 0.29) is 17.4 Å². The van der Waals surface area contributed by atoms with Crippen molar-refractivity contribution in [3.8, 4) is 0 Å². The van der Waals surface area contributed by atoms with Crippen LogP contribution in [0.4, 0.5) is 5.69 Å². The van der Waals surface area contributed by atoms with Crippen molar-refractivity contribution >= 4 is 35.4 Å². The number of aldehydes is 1. The van der Waals surface area contributed by atoms with Crippen molar-refractivity contribution in [2.75, 3.05) is 4.90 Å². The van der Waals surface area contributed by atoms with Crippen molar-refractivity contribution in [1.82, 2.24) is 0 Å². The smallest absolute Gasteiger partial charge is 0.261 e. The molecule has 0 N–H and O–H groups in total. The summed E-state index contributed by atoms with van der Waals surface area (Å²) in [5.41, 5.74) is 1.92. The molecule has 2 aliphatic rings. The van der Waals surface area contributed by atoms with Crippen LogP contribution in [0.15, 0.2) is 29.3 Å². The third-order valence-electron chi connectivity index (χ3n) is 4.09. The lowest BCUT2D eigenvalue weighted by atomic mass is 9.86. The first kappa shape index (κ1) is 14.0. The molecule has 108 valence electrons. The fourth-order valence-corrected chi connectivity index (χ4v) is 3.09. The van der Waals surface area contributed by atoms with Crippen molar-refractivity contribution in [3.05, 3.63) is 39.9 Å². The van der Waals surface area contributed by atoms with Crippen LogP contribution in [-0.4, -0.2) is 18.1 Å². The van der Waals surface area contributed by atoms with Crippen LogP contribution in [0.3, 0.4) is 0 Å². The van der Waals surface area contributed by atoms with Gasteiger partial charge in [0.15, 0.2) is 6.29 Å². The van der Waals surface area contributed by atoms with Crippen LogP contribution in [-0.2, 0) is 9.59 Å². The van der Waals surface area contributed by atoms with Crippen LogP contribution in [0.2, 0.25) is 5.02 Å². The summed E-state index contributed by atoms with van der Waals surface area (Å²) >= 11 is 5.89. The fraction of sp³-hybridized carbons (Fsp3) is 0.312. The third kappa shape index (κ3) is 2.20. The maximum atomic E-state index is 12.5. The molecule has 0 saturated carbocycles. The van der Waals surface area contributed by atoms with Crippen molar-refractivity contribution in [2.45, 2.75) is 26.2 Å². The maximum Gasteiger partial charge on any atom is 0.261 e. The molecule has 1 atom stereocenters. The number of carbonyl (C=O) groups is 3. The van der Waals surface area contributed by atoms with E-state index in [4.69, 9.17) is 11.6 Å². The topological polar surface area (TPSA) is 54.5 Å². The lowest BCUT2D eigenvalue weighted by molar-refractivity contribution is -0.120. The zero-order valence-electron chi connectivity index (χ0n) is 11.6. The molecule has 1 aliphatic carbocycles. The zero-order chi connectivity index (χ0) is 15.1. The molecular weight excluding hydrogens is 290 g/mol. The Morgan fingerprint density at radius 1 is 1.24 bits per heavy atom. The van der Waals surface area contributed by atoms with E-state index in [1.165, 1.54) is 12.1 Å². The number of nitrogens with zero attached hydrogens (tertiary/aromatic N) is 1. The van der Waals surface area contributed by atoms with E-state index >= 15 is 0 Å². The minimum absolute atomic E-state index is 0.263. The molecule has 0 radical (unpaired) electrons. The maximum absolute atomic E-state index is 12.5. The molecule has 2 amide bonds. The molecule has 0 fully saturated rings. The number of hydrogen-bond donors (Lipinski definition) is 0. The molecule has 0 unspecified atom stereocenters. The van der Waals surface area contributed by atoms with Gasteiger partial charge in [-0.15, -0.1) is 0 Å². The van der Waals surface area contributed by atoms with Gasteiger partial charge in [0.1, 0.15) is 0 Å². The molecule has 0 aromatic heterocycles. The molecule has 0 spiro atoms. The van der Waals surface area contributed by atoms with E-state index in [1.807, 2.05) is 0 Å². The van der Waals surface area contributed by atoms with Gasteiger partial charge in [-0.25, -0.2) is 4.90 Å². The zero-order valence-corrected chi connectivity index (χ0v) is 12.3. The van der Waals surface area contributed by atoms with Gasteiger partial charge in [-0.2, -0.15) is 0 Å². The summed E-state index contributed by atoms with van der Waals surface area (Å²) in [5, 5.41) is 0.305. The highest BCUT2D eigenvalue weighted by Gasteiger charge is 2.41. The summed E-state index contributed by atoms with van der Waals surface area (Å²) in [6.07, 6.45) is 2.83. The summed E-state index contributed by atoms with van der Waals surface area (Å²) in [5.74, 6) is -0.113. The molecule has 1 aromatic carbocycles. The fourth-order valence-electron chi connectivity index (χ4n) is 2.92. The lowest BCUT2D eigenvalue weighted by Gasteiger charge is -2.17. The molecule has 1 aromatic rings. The Balaban J connectivity index is 2.00. The van der Waals surface area contributed by atoms with E-state index in [1.54, 1.807) is 6.07 Å². The van der Waals surface area contributed by atoms with Crippen LogP contribution in [0, 0.1) is 5.92 Å². The quantitative estimate of drug-likeness (QED) is 0.623. The highest BCUT2D eigenvalue weighted by Crippen LogP contribution is 2.38. The molecule has 5 heteroatoms. The number of rotatable bonds is 2. The summed E-state index contributed by atoms with van der Waals surface area (Å²) in [6, 6.07) is 4.60. The summed E-state index contributed by atoms with van der Waals surface area (Å²) in [4.78, 5) is 37.1. The first-order valence-electron chi connectivity index (χ1n) is 6.88. The second-order valence-corrected chi connectivity index (χ2v) is 5.98. The van der Waals surface area contributed by atoms with Gasteiger partial charge < -0.3 is 0 Å². The Labute approximate surface area is 127 Å². The minimum atomic E-state index is -0.263. The van der Waals surface area contributed by atoms with E-state index in [0.29, 0.717) is 46.9 Å². The second kappa shape index (κ2) is 5.11. The van der Waals surface area contributed by atoms with Crippen molar-refractivity contribution in [1.29, 1.82) is 0 Å². The Kier molecular flexibility index (Phi) is 3.41. The van der Waals surface area contributed by atoms with Gasteiger partial charge in [0.25, 0.3) is 11.8 Å². The van der Waals surface area contributed by atoms with Gasteiger partial charge in [-0.05, 0) is 43.4 Å². The van der Waals surface area contributed by atoms with Gasteiger partial charge in [0.05, 0.1) is 10.7 Å². The Bertz CT molecular complexity index is 693. The predicted octanol–water partition coefficient (Wildman–Crippen LogP) is 3.14. The second-order valence-electron chi connectivity index (χ2n) is 5.57. The summed E-state index contributed by atoms with van der Waals surface area (Å²) < 4.78 is 0.